The zero-order valence-corrected chi connectivity index (χ0v) is 11.5. The molecule has 2 N–H and O–H groups in total. The Morgan fingerprint density at radius 3 is 2.27 bits per heavy atom. The maximum Gasteiger partial charge on any atom is 0.390 e. The molecule has 114 valence electrons. The number of hydrogen-bond acceptors (Lipinski definition) is 2. The van der Waals surface area contributed by atoms with Crippen molar-refractivity contribution in [1.29, 1.82) is 0 Å². The fourth-order valence-electron chi connectivity index (χ4n) is 2.81. The molecule has 1 aliphatic rings. The van der Waals surface area contributed by atoms with Gasteiger partial charge in [0.1, 0.15) is 0 Å². The zero-order chi connectivity index (χ0) is 15.9. The minimum atomic E-state index is -4.45. The van der Waals surface area contributed by atoms with Crippen molar-refractivity contribution in [3.05, 3.63) is 54.1 Å². The lowest BCUT2D eigenvalue weighted by Gasteiger charge is -2.22. The van der Waals surface area contributed by atoms with Crippen LogP contribution in [0.25, 0.3) is 11.1 Å². The predicted octanol–water partition coefficient (Wildman–Crippen LogP) is 3.61. The van der Waals surface area contributed by atoms with Crippen LogP contribution in [0.2, 0.25) is 0 Å². The van der Waals surface area contributed by atoms with Crippen LogP contribution in [-0.2, 0) is 4.79 Å². The van der Waals surface area contributed by atoms with Gasteiger partial charge >= 0.3 is 6.18 Å². The molecule has 0 radical (unpaired) electrons. The minimum absolute atomic E-state index is 0.352. The Morgan fingerprint density at radius 2 is 1.59 bits per heavy atom. The van der Waals surface area contributed by atoms with E-state index in [0.29, 0.717) is 22.4 Å². The van der Waals surface area contributed by atoms with Gasteiger partial charge in [-0.25, -0.2) is 10.9 Å². The fraction of sp³-hybridized carbons (Fsp3) is 0.188. The van der Waals surface area contributed by atoms with Crippen molar-refractivity contribution < 1.29 is 18.0 Å². The van der Waals surface area contributed by atoms with Gasteiger partial charge in [0.05, 0.1) is 18.0 Å². The van der Waals surface area contributed by atoms with Crippen LogP contribution in [0.1, 0.15) is 17.9 Å². The number of alkyl halides is 3. The topological polar surface area (TPSA) is 46.3 Å². The van der Waals surface area contributed by atoms with E-state index >= 15 is 0 Å². The number of nitrogens with two attached hydrogens (primary N) is 1. The van der Waals surface area contributed by atoms with E-state index in [-0.39, 0.29) is 0 Å². The first kappa shape index (κ1) is 14.6. The third-order valence-electron chi connectivity index (χ3n) is 3.76. The van der Waals surface area contributed by atoms with Crippen molar-refractivity contribution in [3.8, 4) is 11.1 Å². The number of amides is 1. The Bertz CT molecular complexity index is 727. The summed E-state index contributed by atoms with van der Waals surface area (Å²) in [6.07, 6.45) is -5.69. The molecule has 2 aromatic rings. The molecule has 0 aliphatic carbocycles. The number of carbonyl (C=O) groups excluding carboxylic acids is 1. The summed E-state index contributed by atoms with van der Waals surface area (Å²) in [4.78, 5) is 12.4. The van der Waals surface area contributed by atoms with E-state index in [2.05, 4.69) is 0 Å². The minimum Gasteiger partial charge on any atom is -0.272 e. The number of halogens is 3. The van der Waals surface area contributed by atoms with E-state index in [9.17, 15) is 18.0 Å². The first-order chi connectivity index (χ1) is 10.4. The van der Waals surface area contributed by atoms with Crippen LogP contribution in [-0.4, -0.2) is 12.1 Å². The zero-order valence-electron chi connectivity index (χ0n) is 11.5. The van der Waals surface area contributed by atoms with E-state index < -0.39 is 24.4 Å². The Balaban J connectivity index is 2.23. The quantitative estimate of drug-likeness (QED) is 0.646. The number of anilines is 1. The van der Waals surface area contributed by atoms with Crippen LogP contribution in [0.3, 0.4) is 0 Å². The smallest absolute Gasteiger partial charge is 0.272 e. The van der Waals surface area contributed by atoms with Crippen LogP contribution in [0.5, 0.6) is 0 Å². The Hall–Kier alpha value is -2.34. The maximum atomic E-state index is 12.9. The molecular weight excluding hydrogens is 293 g/mol. The summed E-state index contributed by atoms with van der Waals surface area (Å²) in [6.45, 7) is 0. The van der Waals surface area contributed by atoms with Gasteiger partial charge in [-0.15, -0.1) is 0 Å². The summed E-state index contributed by atoms with van der Waals surface area (Å²) < 4.78 is 38.7. The Kier molecular flexibility index (Phi) is 3.41. The lowest BCUT2D eigenvalue weighted by atomic mass is 9.89. The molecule has 1 unspecified atom stereocenters. The van der Waals surface area contributed by atoms with E-state index in [0.717, 1.165) is 5.01 Å². The number of carbonyl (C=O) groups is 1. The number of hydrogen-bond donors (Lipinski definition) is 1. The highest BCUT2D eigenvalue weighted by molar-refractivity contribution is 6.04. The van der Waals surface area contributed by atoms with Crippen molar-refractivity contribution in [2.45, 2.75) is 18.5 Å². The van der Waals surface area contributed by atoms with Crippen molar-refractivity contribution in [2.75, 3.05) is 5.01 Å². The van der Waals surface area contributed by atoms with Gasteiger partial charge in [-0.2, -0.15) is 13.2 Å². The second-order valence-corrected chi connectivity index (χ2v) is 5.18. The summed E-state index contributed by atoms with van der Waals surface area (Å²) in [7, 11) is 0. The van der Waals surface area contributed by atoms with Crippen LogP contribution in [0.15, 0.2) is 48.5 Å². The summed E-state index contributed by atoms with van der Waals surface area (Å²) in [5.41, 5.74) is 2.02. The highest BCUT2D eigenvalue weighted by Gasteiger charge is 2.40. The molecule has 0 aromatic heterocycles. The van der Waals surface area contributed by atoms with Crippen molar-refractivity contribution in [1.82, 2.24) is 0 Å². The summed E-state index contributed by atoms with van der Waals surface area (Å²) in [5.74, 6) is 3.70. The average molecular weight is 306 g/mol. The molecule has 6 heteroatoms. The van der Waals surface area contributed by atoms with E-state index in [1.807, 2.05) is 0 Å². The van der Waals surface area contributed by atoms with Crippen LogP contribution in [0.4, 0.5) is 18.9 Å². The Morgan fingerprint density at radius 1 is 1.00 bits per heavy atom. The number of fused-ring (bicyclic) bond motifs is 3. The normalized spacial score (nSPS) is 17.7. The first-order valence-electron chi connectivity index (χ1n) is 6.72. The fourth-order valence-corrected chi connectivity index (χ4v) is 2.81. The molecule has 1 aliphatic heterocycles. The highest BCUT2D eigenvalue weighted by Crippen LogP contribution is 2.43. The predicted molar refractivity (Wildman–Crippen MR) is 77.0 cm³/mol. The van der Waals surface area contributed by atoms with E-state index in [1.54, 1.807) is 48.5 Å². The molecule has 1 heterocycles. The molecular formula is C16H13F3N2O. The molecule has 0 spiro atoms. The maximum absolute atomic E-state index is 12.9. The third-order valence-corrected chi connectivity index (χ3v) is 3.76. The number of nitrogens with zero attached hydrogens (tertiary/aromatic N) is 1. The second-order valence-electron chi connectivity index (χ2n) is 5.18. The number of rotatable bonds is 1. The lowest BCUT2D eigenvalue weighted by Crippen LogP contribution is -2.41. The van der Waals surface area contributed by atoms with E-state index in [4.69, 9.17) is 5.84 Å². The van der Waals surface area contributed by atoms with Gasteiger partial charge in [-0.1, -0.05) is 42.5 Å². The molecule has 3 rings (SSSR count). The van der Waals surface area contributed by atoms with Crippen molar-refractivity contribution in [3.63, 3.8) is 0 Å². The largest absolute Gasteiger partial charge is 0.390 e. The van der Waals surface area contributed by atoms with Gasteiger partial charge in [-0.3, -0.25) is 4.79 Å². The highest BCUT2D eigenvalue weighted by atomic mass is 19.4. The van der Waals surface area contributed by atoms with Gasteiger partial charge in [0.25, 0.3) is 0 Å². The molecule has 1 atom stereocenters. The standard InChI is InChI=1S/C16H13F3N2O/c17-16(18,19)9-13-11-6-2-1-5-10(11)12-7-3-4-8-14(12)21(20)15(13)22/h1-8,13H,9,20H2. The molecule has 22 heavy (non-hydrogen) atoms. The molecule has 0 fully saturated rings. The number of hydrazine groups is 1. The number of para-hydroxylation sites is 1. The Labute approximate surface area is 125 Å². The molecule has 2 aromatic carbocycles. The molecule has 1 amide bonds. The number of benzene rings is 2. The lowest BCUT2D eigenvalue weighted by molar-refractivity contribution is -0.146. The SMILES string of the molecule is NN1C(=O)C(CC(F)(F)F)c2ccccc2-c2ccccc21. The first-order valence-corrected chi connectivity index (χ1v) is 6.72. The van der Waals surface area contributed by atoms with Crippen LogP contribution in [0, 0.1) is 0 Å². The van der Waals surface area contributed by atoms with Gasteiger partial charge < -0.3 is 0 Å². The second kappa shape index (κ2) is 5.14. The van der Waals surface area contributed by atoms with Gasteiger partial charge in [0, 0.05) is 5.56 Å². The van der Waals surface area contributed by atoms with E-state index in [1.165, 1.54) is 0 Å². The molecule has 0 saturated carbocycles. The van der Waals surface area contributed by atoms with Crippen LogP contribution < -0.4 is 10.9 Å². The average Bonchev–Trinajstić information content (AvgIpc) is 2.57. The summed E-state index contributed by atoms with van der Waals surface area (Å²) >= 11 is 0. The molecule has 0 saturated heterocycles. The monoisotopic (exact) mass is 306 g/mol. The van der Waals surface area contributed by atoms with Crippen molar-refractivity contribution >= 4 is 11.6 Å². The molecule has 0 bridgehead atoms. The van der Waals surface area contributed by atoms with Crippen LogP contribution >= 0.6 is 0 Å². The van der Waals surface area contributed by atoms with Gasteiger partial charge in [0.2, 0.25) is 5.91 Å². The summed E-state index contributed by atoms with van der Waals surface area (Å²) in [5, 5.41) is 0.825. The van der Waals surface area contributed by atoms with Gasteiger partial charge in [0.15, 0.2) is 0 Å². The van der Waals surface area contributed by atoms with Crippen molar-refractivity contribution in [2.24, 2.45) is 5.84 Å². The third kappa shape index (κ3) is 2.46. The molecule has 3 nitrogen and oxygen atoms in total. The summed E-state index contributed by atoms with van der Waals surface area (Å²) in [6, 6.07) is 13.5. The van der Waals surface area contributed by atoms with Gasteiger partial charge in [-0.05, 0) is 17.2 Å².